The highest BCUT2D eigenvalue weighted by Crippen LogP contribution is 2.18. The zero-order valence-corrected chi connectivity index (χ0v) is 10.1. The van der Waals surface area contributed by atoms with Crippen molar-refractivity contribution < 1.29 is 9.53 Å². The minimum atomic E-state index is -0.635. The number of rotatable bonds is 2. The van der Waals surface area contributed by atoms with Crippen LogP contribution in [0.5, 0.6) is 0 Å². The second-order valence-corrected chi connectivity index (χ2v) is 4.75. The van der Waals surface area contributed by atoms with Gasteiger partial charge in [0.2, 0.25) is 0 Å². The second kappa shape index (κ2) is 4.17. The molecule has 0 aliphatic heterocycles. The molecule has 0 amide bonds. The average molecular weight is 254 g/mol. The molecule has 2 aromatic heterocycles. The van der Waals surface area contributed by atoms with Crippen LogP contribution < -0.4 is 11.2 Å². The lowest BCUT2D eigenvalue weighted by atomic mass is 10.3. The number of hydrogen-bond donors (Lipinski definition) is 1. The number of nitrogens with zero attached hydrogens (tertiary/aromatic N) is 1. The van der Waals surface area contributed by atoms with Crippen molar-refractivity contribution >= 4 is 27.5 Å². The predicted octanol–water partition coefficient (Wildman–Crippen LogP) is 0.233. The summed E-state index contributed by atoms with van der Waals surface area (Å²) in [6.07, 6.45) is 0. The minimum Gasteiger partial charge on any atom is -0.468 e. The summed E-state index contributed by atoms with van der Waals surface area (Å²) in [5.41, 5.74) is -1.08. The van der Waals surface area contributed by atoms with Gasteiger partial charge in [-0.1, -0.05) is 0 Å². The molecule has 1 N–H and O–H groups in total. The van der Waals surface area contributed by atoms with E-state index in [0.717, 1.165) is 9.44 Å². The molecule has 2 aromatic rings. The fourth-order valence-electron chi connectivity index (χ4n) is 1.51. The van der Waals surface area contributed by atoms with E-state index < -0.39 is 17.2 Å². The molecule has 7 heteroatoms. The fraction of sp³-hybridized carbons (Fsp3) is 0.300. The van der Waals surface area contributed by atoms with Crippen LogP contribution in [-0.2, 0) is 16.1 Å². The van der Waals surface area contributed by atoms with E-state index in [-0.39, 0.29) is 6.54 Å². The molecule has 6 nitrogen and oxygen atoms in total. The molecule has 0 unspecified atom stereocenters. The standard InChI is InChI=1S/C10H10N2O4S/c1-5-3-6-8(17-5)11-10(15)12(9(6)14)4-7(13)16-2/h3H,4H2,1-2H3,(H,11,15). The Morgan fingerprint density at radius 2 is 2.24 bits per heavy atom. The molecule has 0 radical (unpaired) electrons. The average Bonchev–Trinajstić information content (AvgIpc) is 2.64. The van der Waals surface area contributed by atoms with Gasteiger partial charge in [-0.05, 0) is 13.0 Å². The molecule has 2 rings (SSSR count). The summed E-state index contributed by atoms with van der Waals surface area (Å²) in [4.78, 5) is 38.7. The van der Waals surface area contributed by atoms with Crippen LogP contribution in [0.3, 0.4) is 0 Å². The first kappa shape index (κ1) is 11.6. The molecule has 0 aromatic carbocycles. The molecule has 2 heterocycles. The van der Waals surface area contributed by atoms with Crippen molar-refractivity contribution in [1.82, 2.24) is 9.55 Å². The lowest BCUT2D eigenvalue weighted by molar-refractivity contribution is -0.141. The van der Waals surface area contributed by atoms with Crippen LogP contribution in [0, 0.1) is 6.92 Å². The maximum Gasteiger partial charge on any atom is 0.329 e. The van der Waals surface area contributed by atoms with Gasteiger partial charge >= 0.3 is 11.7 Å². The van der Waals surface area contributed by atoms with E-state index in [4.69, 9.17) is 0 Å². The Hall–Kier alpha value is -1.89. The van der Waals surface area contributed by atoms with Crippen LogP contribution in [0.4, 0.5) is 0 Å². The monoisotopic (exact) mass is 254 g/mol. The molecule has 0 bridgehead atoms. The third-order valence-electron chi connectivity index (χ3n) is 2.31. The van der Waals surface area contributed by atoms with Crippen molar-refractivity contribution in [2.75, 3.05) is 7.11 Å². The van der Waals surface area contributed by atoms with Crippen LogP contribution in [-0.4, -0.2) is 22.6 Å². The van der Waals surface area contributed by atoms with Gasteiger partial charge in [0, 0.05) is 4.88 Å². The lowest BCUT2D eigenvalue weighted by Gasteiger charge is -2.02. The molecule has 0 fully saturated rings. The number of methoxy groups -OCH3 is 1. The van der Waals surface area contributed by atoms with E-state index in [1.165, 1.54) is 18.4 Å². The zero-order valence-electron chi connectivity index (χ0n) is 9.27. The molecular weight excluding hydrogens is 244 g/mol. The summed E-state index contributed by atoms with van der Waals surface area (Å²) >= 11 is 1.33. The molecule has 17 heavy (non-hydrogen) atoms. The Morgan fingerprint density at radius 1 is 1.53 bits per heavy atom. The third-order valence-corrected chi connectivity index (χ3v) is 3.28. The van der Waals surface area contributed by atoms with Gasteiger partial charge < -0.3 is 4.74 Å². The lowest BCUT2D eigenvalue weighted by Crippen LogP contribution is -2.37. The highest BCUT2D eigenvalue weighted by Gasteiger charge is 2.12. The van der Waals surface area contributed by atoms with Gasteiger partial charge in [0.25, 0.3) is 5.56 Å². The minimum absolute atomic E-state index is 0.379. The Labute approximate surface area is 99.5 Å². The molecule has 90 valence electrons. The summed E-state index contributed by atoms with van der Waals surface area (Å²) < 4.78 is 5.27. The van der Waals surface area contributed by atoms with E-state index in [9.17, 15) is 14.4 Å². The van der Waals surface area contributed by atoms with E-state index in [2.05, 4.69) is 9.72 Å². The van der Waals surface area contributed by atoms with Gasteiger partial charge in [-0.3, -0.25) is 14.6 Å². The number of thiophene rings is 1. The highest BCUT2D eigenvalue weighted by atomic mass is 32.1. The molecule has 0 saturated heterocycles. The number of esters is 1. The topological polar surface area (TPSA) is 81.2 Å². The Morgan fingerprint density at radius 3 is 2.88 bits per heavy atom. The number of carbonyl (C=O) groups is 1. The van der Waals surface area contributed by atoms with Gasteiger partial charge in [-0.15, -0.1) is 11.3 Å². The Bertz CT molecular complexity index is 694. The number of aromatic nitrogens is 2. The number of hydrogen-bond acceptors (Lipinski definition) is 5. The van der Waals surface area contributed by atoms with Crippen molar-refractivity contribution in [3.63, 3.8) is 0 Å². The predicted molar refractivity (Wildman–Crippen MR) is 63.5 cm³/mol. The normalized spacial score (nSPS) is 10.7. The molecule has 0 aliphatic rings. The van der Waals surface area contributed by atoms with Crippen LogP contribution in [0.15, 0.2) is 15.7 Å². The fourth-order valence-corrected chi connectivity index (χ4v) is 2.40. The van der Waals surface area contributed by atoms with Gasteiger partial charge in [0.05, 0.1) is 12.5 Å². The van der Waals surface area contributed by atoms with E-state index in [1.54, 1.807) is 6.07 Å². The number of carbonyl (C=O) groups excluding carboxylic acids is 1. The quantitative estimate of drug-likeness (QED) is 0.778. The van der Waals surface area contributed by atoms with Crippen molar-refractivity contribution in [3.8, 4) is 0 Å². The number of H-pyrrole nitrogens is 1. The van der Waals surface area contributed by atoms with E-state index in [1.807, 2.05) is 6.92 Å². The highest BCUT2D eigenvalue weighted by molar-refractivity contribution is 7.18. The zero-order chi connectivity index (χ0) is 12.6. The summed E-state index contributed by atoms with van der Waals surface area (Å²) in [6.45, 7) is 1.46. The van der Waals surface area contributed by atoms with Crippen LogP contribution >= 0.6 is 11.3 Å². The molecule has 0 saturated carbocycles. The van der Waals surface area contributed by atoms with E-state index >= 15 is 0 Å². The third kappa shape index (κ3) is 2.01. The van der Waals surface area contributed by atoms with Gasteiger partial charge in [0.1, 0.15) is 11.4 Å². The maximum atomic E-state index is 12.0. The van der Waals surface area contributed by atoms with Crippen molar-refractivity contribution in [1.29, 1.82) is 0 Å². The Kier molecular flexibility index (Phi) is 2.84. The Balaban J connectivity index is 2.67. The number of aromatic amines is 1. The van der Waals surface area contributed by atoms with Crippen molar-refractivity contribution in [2.45, 2.75) is 13.5 Å². The van der Waals surface area contributed by atoms with Crippen LogP contribution in [0.25, 0.3) is 10.2 Å². The maximum absolute atomic E-state index is 12.0. The van der Waals surface area contributed by atoms with Gasteiger partial charge in [-0.25, -0.2) is 9.36 Å². The summed E-state index contributed by atoms with van der Waals surface area (Å²) in [7, 11) is 1.20. The van der Waals surface area contributed by atoms with Crippen molar-refractivity contribution in [2.24, 2.45) is 0 Å². The number of aryl methyl sites for hydroxylation is 1. The first-order chi connectivity index (χ1) is 8.02. The summed E-state index contributed by atoms with van der Waals surface area (Å²) in [5.74, 6) is -0.635. The summed E-state index contributed by atoms with van der Waals surface area (Å²) in [6, 6.07) is 1.69. The number of fused-ring (bicyclic) bond motifs is 1. The molecule has 0 spiro atoms. The number of ether oxygens (including phenoxy) is 1. The van der Waals surface area contributed by atoms with Gasteiger partial charge in [-0.2, -0.15) is 0 Å². The number of nitrogens with one attached hydrogen (secondary N) is 1. The van der Waals surface area contributed by atoms with Crippen LogP contribution in [0.1, 0.15) is 4.88 Å². The molecule has 0 aliphatic carbocycles. The smallest absolute Gasteiger partial charge is 0.329 e. The van der Waals surface area contributed by atoms with Crippen LogP contribution in [0.2, 0.25) is 0 Å². The van der Waals surface area contributed by atoms with Gasteiger partial charge in [0.15, 0.2) is 0 Å². The summed E-state index contributed by atoms with van der Waals surface area (Å²) in [5, 5.41) is 0.413. The first-order valence-corrected chi connectivity index (χ1v) is 5.64. The first-order valence-electron chi connectivity index (χ1n) is 4.83. The SMILES string of the molecule is COC(=O)Cn1c(=O)[nH]c2sc(C)cc2c1=O. The second-order valence-electron chi connectivity index (χ2n) is 3.50. The van der Waals surface area contributed by atoms with E-state index in [0.29, 0.717) is 10.2 Å². The largest absolute Gasteiger partial charge is 0.468 e. The molecule has 0 atom stereocenters. The molecular formula is C10H10N2O4S. The van der Waals surface area contributed by atoms with Crippen molar-refractivity contribution in [3.05, 3.63) is 31.8 Å².